The van der Waals surface area contributed by atoms with Crippen molar-refractivity contribution in [1.29, 1.82) is 0 Å². The first-order valence-corrected chi connectivity index (χ1v) is 12.1. The van der Waals surface area contributed by atoms with Crippen molar-refractivity contribution in [3.8, 4) is 0 Å². The molecule has 1 atom stereocenters. The van der Waals surface area contributed by atoms with Crippen molar-refractivity contribution in [3.05, 3.63) is 57.8 Å². The molecule has 2 amide bonds. The number of rotatable bonds is 8. The minimum absolute atomic E-state index is 0.0226. The van der Waals surface area contributed by atoms with E-state index in [9.17, 15) is 9.59 Å². The number of amides is 2. The van der Waals surface area contributed by atoms with Crippen LogP contribution < -0.4 is 5.32 Å². The van der Waals surface area contributed by atoms with Crippen LogP contribution in [-0.2, 0) is 16.0 Å². The van der Waals surface area contributed by atoms with Gasteiger partial charge in [0, 0.05) is 17.0 Å². The monoisotopic (exact) mass is 424 g/mol. The zero-order chi connectivity index (χ0) is 21.1. The lowest BCUT2D eigenvalue weighted by Gasteiger charge is -2.32. The molecule has 2 aromatic rings. The SMILES string of the molecule is CC(C)c1ccc([C@H](C(=O)NC2CCCC2)N(C(=O)Cc2cccs2)C2CC2)cc1. The summed E-state index contributed by atoms with van der Waals surface area (Å²) in [5.74, 6) is 0.467. The molecule has 0 bridgehead atoms. The van der Waals surface area contributed by atoms with E-state index in [2.05, 4.69) is 31.3 Å². The Morgan fingerprint density at radius 2 is 1.70 bits per heavy atom. The molecule has 1 aromatic heterocycles. The fourth-order valence-electron chi connectivity index (χ4n) is 4.42. The lowest BCUT2D eigenvalue weighted by Crippen LogP contribution is -2.47. The molecule has 0 unspecified atom stereocenters. The van der Waals surface area contributed by atoms with Crippen LogP contribution in [0.4, 0.5) is 0 Å². The molecule has 4 nitrogen and oxygen atoms in total. The highest BCUT2D eigenvalue weighted by Gasteiger charge is 2.41. The fourth-order valence-corrected chi connectivity index (χ4v) is 5.11. The summed E-state index contributed by atoms with van der Waals surface area (Å²) in [7, 11) is 0. The third-order valence-electron chi connectivity index (χ3n) is 6.28. The van der Waals surface area contributed by atoms with E-state index in [1.54, 1.807) is 11.3 Å². The van der Waals surface area contributed by atoms with E-state index in [1.807, 2.05) is 34.5 Å². The molecule has 0 saturated heterocycles. The number of thiophene rings is 1. The Balaban J connectivity index is 1.62. The van der Waals surface area contributed by atoms with Crippen molar-refractivity contribution < 1.29 is 9.59 Å². The van der Waals surface area contributed by atoms with Crippen LogP contribution in [0.25, 0.3) is 0 Å². The molecular weight excluding hydrogens is 392 g/mol. The zero-order valence-corrected chi connectivity index (χ0v) is 18.8. The van der Waals surface area contributed by atoms with Gasteiger partial charge in [0.15, 0.2) is 0 Å². The van der Waals surface area contributed by atoms with Crippen LogP contribution in [0.15, 0.2) is 41.8 Å². The van der Waals surface area contributed by atoms with Crippen LogP contribution in [-0.4, -0.2) is 28.8 Å². The molecule has 1 aromatic carbocycles. The van der Waals surface area contributed by atoms with Crippen LogP contribution >= 0.6 is 11.3 Å². The zero-order valence-electron chi connectivity index (χ0n) is 18.0. The number of benzene rings is 1. The van der Waals surface area contributed by atoms with Crippen LogP contribution in [0.2, 0.25) is 0 Å². The van der Waals surface area contributed by atoms with E-state index in [4.69, 9.17) is 0 Å². The van der Waals surface area contributed by atoms with Gasteiger partial charge >= 0.3 is 0 Å². The molecule has 2 aliphatic rings. The van der Waals surface area contributed by atoms with E-state index >= 15 is 0 Å². The van der Waals surface area contributed by atoms with Crippen LogP contribution in [0.5, 0.6) is 0 Å². The number of hydrogen-bond donors (Lipinski definition) is 1. The van der Waals surface area contributed by atoms with Crippen LogP contribution in [0, 0.1) is 0 Å². The summed E-state index contributed by atoms with van der Waals surface area (Å²) in [6, 6.07) is 12.1. The van der Waals surface area contributed by atoms with E-state index in [-0.39, 0.29) is 23.9 Å². The van der Waals surface area contributed by atoms with Crippen molar-refractivity contribution in [2.24, 2.45) is 0 Å². The van der Waals surface area contributed by atoms with E-state index in [1.165, 1.54) is 18.4 Å². The van der Waals surface area contributed by atoms with Gasteiger partial charge in [-0.25, -0.2) is 0 Å². The second-order valence-corrected chi connectivity index (χ2v) is 10.0. The first-order chi connectivity index (χ1) is 14.5. The van der Waals surface area contributed by atoms with Gasteiger partial charge < -0.3 is 10.2 Å². The maximum absolute atomic E-state index is 13.5. The molecule has 1 N–H and O–H groups in total. The highest BCUT2D eigenvalue weighted by atomic mass is 32.1. The molecule has 160 valence electrons. The highest BCUT2D eigenvalue weighted by molar-refractivity contribution is 7.10. The van der Waals surface area contributed by atoms with Gasteiger partial charge in [0.2, 0.25) is 11.8 Å². The second kappa shape index (κ2) is 9.34. The molecule has 2 fully saturated rings. The van der Waals surface area contributed by atoms with Crippen molar-refractivity contribution >= 4 is 23.2 Å². The standard InChI is InChI=1S/C25H32N2O2S/c1-17(2)18-9-11-19(12-10-18)24(25(29)26-20-6-3-4-7-20)27(21-13-14-21)23(28)16-22-8-5-15-30-22/h5,8-12,15,17,20-21,24H,3-4,6-7,13-14,16H2,1-2H3,(H,26,29)/t24-/m1/s1. The third-order valence-corrected chi connectivity index (χ3v) is 7.16. The number of hydrogen-bond acceptors (Lipinski definition) is 3. The summed E-state index contributed by atoms with van der Waals surface area (Å²) in [6.07, 6.45) is 6.74. The van der Waals surface area contributed by atoms with Gasteiger partial charge in [0.1, 0.15) is 6.04 Å². The molecule has 30 heavy (non-hydrogen) atoms. The number of carbonyl (C=O) groups is 2. The predicted octanol–water partition coefficient (Wildman–Crippen LogP) is 5.21. The van der Waals surface area contributed by atoms with E-state index in [0.29, 0.717) is 12.3 Å². The largest absolute Gasteiger partial charge is 0.351 e. The summed E-state index contributed by atoms with van der Waals surface area (Å²) in [5, 5.41) is 5.26. The summed E-state index contributed by atoms with van der Waals surface area (Å²) in [4.78, 5) is 29.8. The average Bonchev–Trinajstić information content (AvgIpc) is 3.18. The number of carbonyl (C=O) groups excluding carboxylic acids is 2. The molecule has 5 heteroatoms. The maximum atomic E-state index is 13.5. The smallest absolute Gasteiger partial charge is 0.247 e. The highest BCUT2D eigenvalue weighted by Crippen LogP contribution is 2.36. The van der Waals surface area contributed by atoms with Crippen molar-refractivity contribution in [2.75, 3.05) is 0 Å². The lowest BCUT2D eigenvalue weighted by molar-refractivity contribution is -0.141. The first-order valence-electron chi connectivity index (χ1n) is 11.3. The Labute approximate surface area is 183 Å². The van der Waals surface area contributed by atoms with Gasteiger partial charge in [-0.15, -0.1) is 11.3 Å². The minimum Gasteiger partial charge on any atom is -0.351 e. The van der Waals surface area contributed by atoms with Gasteiger partial charge in [0.05, 0.1) is 6.42 Å². The fraction of sp³-hybridized carbons (Fsp3) is 0.520. The summed E-state index contributed by atoms with van der Waals surface area (Å²) in [5.41, 5.74) is 2.16. The molecule has 2 aliphatic carbocycles. The topological polar surface area (TPSA) is 49.4 Å². The number of nitrogens with zero attached hydrogens (tertiary/aromatic N) is 1. The Morgan fingerprint density at radius 1 is 1.03 bits per heavy atom. The summed E-state index contributed by atoms with van der Waals surface area (Å²) < 4.78 is 0. The van der Waals surface area contributed by atoms with Gasteiger partial charge in [-0.2, -0.15) is 0 Å². The number of nitrogens with one attached hydrogen (secondary N) is 1. The van der Waals surface area contributed by atoms with Crippen LogP contribution in [0.1, 0.15) is 80.3 Å². The Bertz CT molecular complexity index is 850. The van der Waals surface area contributed by atoms with Gasteiger partial charge in [0.25, 0.3) is 0 Å². The lowest BCUT2D eigenvalue weighted by atomic mass is 9.97. The Morgan fingerprint density at radius 3 is 2.27 bits per heavy atom. The van der Waals surface area contributed by atoms with Gasteiger partial charge in [-0.05, 0) is 54.2 Å². The molecule has 1 heterocycles. The average molecular weight is 425 g/mol. The quantitative estimate of drug-likeness (QED) is 0.633. The van der Waals surface area contributed by atoms with E-state index < -0.39 is 6.04 Å². The molecule has 2 saturated carbocycles. The Hall–Kier alpha value is -2.14. The molecule has 0 aliphatic heterocycles. The molecular formula is C25H32N2O2S. The molecule has 0 spiro atoms. The Kier molecular flexibility index (Phi) is 6.57. The van der Waals surface area contributed by atoms with Crippen molar-refractivity contribution in [2.45, 2.75) is 82.8 Å². The van der Waals surface area contributed by atoms with Gasteiger partial charge in [-0.1, -0.05) is 57.0 Å². The summed E-state index contributed by atoms with van der Waals surface area (Å²) in [6.45, 7) is 4.33. The third kappa shape index (κ3) is 4.94. The first kappa shape index (κ1) is 21.1. The normalized spacial score (nSPS) is 17.8. The molecule has 0 radical (unpaired) electrons. The molecule has 4 rings (SSSR count). The second-order valence-electron chi connectivity index (χ2n) is 9.00. The van der Waals surface area contributed by atoms with Gasteiger partial charge in [-0.3, -0.25) is 9.59 Å². The maximum Gasteiger partial charge on any atom is 0.247 e. The minimum atomic E-state index is -0.549. The van der Waals surface area contributed by atoms with Crippen LogP contribution in [0.3, 0.4) is 0 Å². The van der Waals surface area contributed by atoms with Crippen molar-refractivity contribution in [1.82, 2.24) is 10.2 Å². The van der Waals surface area contributed by atoms with Crippen molar-refractivity contribution in [3.63, 3.8) is 0 Å². The van der Waals surface area contributed by atoms with E-state index in [0.717, 1.165) is 36.1 Å². The predicted molar refractivity (Wildman–Crippen MR) is 122 cm³/mol. The summed E-state index contributed by atoms with van der Waals surface area (Å²) >= 11 is 1.60.